The number of carbonyl (C=O) groups is 1. The van der Waals surface area contributed by atoms with Gasteiger partial charge in [-0.3, -0.25) is 14.9 Å². The largest absolute Gasteiger partial charge is 0.326 e. The van der Waals surface area contributed by atoms with Crippen molar-refractivity contribution < 1.29 is 14.1 Å². The van der Waals surface area contributed by atoms with Gasteiger partial charge < -0.3 is 5.32 Å². The van der Waals surface area contributed by atoms with Crippen LogP contribution in [-0.2, 0) is 4.79 Å². The molecule has 1 N–H and O–H groups in total. The van der Waals surface area contributed by atoms with E-state index in [1.54, 1.807) is 6.92 Å². The van der Waals surface area contributed by atoms with Crippen LogP contribution in [0.1, 0.15) is 13.3 Å². The summed E-state index contributed by atoms with van der Waals surface area (Å²) in [6, 6.07) is 2.93. The summed E-state index contributed by atoms with van der Waals surface area (Å²) in [6.07, 6.45) is 0.226. The number of anilines is 1. The first-order valence-corrected chi connectivity index (χ1v) is 4.27. The van der Waals surface area contributed by atoms with Gasteiger partial charge in [-0.15, -0.1) is 0 Å². The van der Waals surface area contributed by atoms with Gasteiger partial charge in [-0.25, -0.2) is 4.39 Å². The van der Waals surface area contributed by atoms with Crippen LogP contribution in [0, 0.1) is 15.9 Å². The molecule has 0 fully saturated rings. The van der Waals surface area contributed by atoms with Gasteiger partial charge in [-0.1, -0.05) is 6.92 Å². The van der Waals surface area contributed by atoms with Gasteiger partial charge >= 0.3 is 0 Å². The van der Waals surface area contributed by atoms with Crippen molar-refractivity contribution in [2.45, 2.75) is 13.3 Å². The molecule has 6 heteroatoms. The standard InChI is InChI=1S/C9H9FN2O3/c1-2-9(13)11-7-3-6(10)4-8(5-7)12(14)15/h3-5H,2H2,1H3,(H,11,13). The van der Waals surface area contributed by atoms with Gasteiger partial charge in [0, 0.05) is 12.5 Å². The zero-order chi connectivity index (χ0) is 11.4. The number of non-ortho nitro benzene ring substituents is 1. The number of nitro groups is 1. The maximum atomic E-state index is 12.9. The van der Waals surface area contributed by atoms with Gasteiger partial charge in [0.05, 0.1) is 16.7 Å². The average molecular weight is 212 g/mol. The highest BCUT2D eigenvalue weighted by atomic mass is 19.1. The van der Waals surface area contributed by atoms with Crippen LogP contribution < -0.4 is 5.32 Å². The van der Waals surface area contributed by atoms with Gasteiger partial charge in [0.2, 0.25) is 5.91 Å². The van der Waals surface area contributed by atoms with Crippen molar-refractivity contribution in [1.82, 2.24) is 0 Å². The first-order valence-electron chi connectivity index (χ1n) is 4.27. The summed E-state index contributed by atoms with van der Waals surface area (Å²) < 4.78 is 12.9. The number of benzene rings is 1. The number of nitrogens with one attached hydrogen (secondary N) is 1. The van der Waals surface area contributed by atoms with E-state index >= 15 is 0 Å². The molecule has 0 aliphatic rings. The Kier molecular flexibility index (Phi) is 3.33. The van der Waals surface area contributed by atoms with E-state index in [1.165, 1.54) is 0 Å². The summed E-state index contributed by atoms with van der Waals surface area (Å²) in [6.45, 7) is 1.63. The Morgan fingerprint density at radius 2 is 2.20 bits per heavy atom. The number of amides is 1. The van der Waals surface area contributed by atoms with Crippen LogP contribution >= 0.6 is 0 Å². The molecule has 0 atom stereocenters. The van der Waals surface area contributed by atoms with Crippen LogP contribution in [0.15, 0.2) is 18.2 Å². The fourth-order valence-electron chi connectivity index (χ4n) is 1.00. The lowest BCUT2D eigenvalue weighted by atomic mass is 10.2. The molecule has 1 rings (SSSR count). The molecule has 0 radical (unpaired) electrons. The Balaban J connectivity index is 2.98. The molecule has 0 aliphatic carbocycles. The van der Waals surface area contributed by atoms with Crippen molar-refractivity contribution in [3.05, 3.63) is 34.1 Å². The number of hydrogen-bond donors (Lipinski definition) is 1. The molecular weight excluding hydrogens is 203 g/mol. The molecule has 1 aromatic rings. The average Bonchev–Trinajstić information content (AvgIpc) is 2.16. The van der Waals surface area contributed by atoms with E-state index in [1.807, 2.05) is 0 Å². The second-order valence-electron chi connectivity index (χ2n) is 2.86. The zero-order valence-electron chi connectivity index (χ0n) is 7.99. The fraction of sp³-hybridized carbons (Fsp3) is 0.222. The van der Waals surface area contributed by atoms with E-state index in [2.05, 4.69) is 5.32 Å². The highest BCUT2D eigenvalue weighted by molar-refractivity contribution is 5.90. The van der Waals surface area contributed by atoms with Gasteiger partial charge in [0.25, 0.3) is 5.69 Å². The molecule has 0 bridgehead atoms. The maximum Gasteiger partial charge on any atom is 0.274 e. The summed E-state index contributed by atoms with van der Waals surface area (Å²) in [7, 11) is 0. The summed E-state index contributed by atoms with van der Waals surface area (Å²) >= 11 is 0. The Morgan fingerprint density at radius 1 is 1.53 bits per heavy atom. The fourth-order valence-corrected chi connectivity index (χ4v) is 1.00. The van der Waals surface area contributed by atoms with E-state index in [-0.39, 0.29) is 23.7 Å². The molecule has 80 valence electrons. The third-order valence-corrected chi connectivity index (χ3v) is 1.70. The predicted molar refractivity (Wildman–Crippen MR) is 52.0 cm³/mol. The van der Waals surface area contributed by atoms with Crippen LogP contribution in [0.3, 0.4) is 0 Å². The smallest absolute Gasteiger partial charge is 0.274 e. The van der Waals surface area contributed by atoms with Crippen molar-refractivity contribution >= 4 is 17.3 Å². The number of nitro benzene ring substituents is 1. The third kappa shape index (κ3) is 3.01. The van der Waals surface area contributed by atoms with Gasteiger partial charge in [0.15, 0.2) is 0 Å². The molecule has 0 saturated heterocycles. The normalized spacial score (nSPS) is 9.73. The van der Waals surface area contributed by atoms with E-state index in [4.69, 9.17) is 0 Å². The van der Waals surface area contributed by atoms with Crippen molar-refractivity contribution in [3.8, 4) is 0 Å². The molecular formula is C9H9FN2O3. The summed E-state index contributed by atoms with van der Waals surface area (Å²) in [5.41, 5.74) is -0.296. The van der Waals surface area contributed by atoms with E-state index in [9.17, 15) is 19.3 Å². The monoisotopic (exact) mass is 212 g/mol. The van der Waals surface area contributed by atoms with Crippen molar-refractivity contribution in [2.24, 2.45) is 0 Å². The van der Waals surface area contributed by atoms with Gasteiger partial charge in [0.1, 0.15) is 5.82 Å². The number of hydrogen-bond acceptors (Lipinski definition) is 3. The van der Waals surface area contributed by atoms with Crippen molar-refractivity contribution in [2.75, 3.05) is 5.32 Å². The SMILES string of the molecule is CCC(=O)Nc1cc(F)cc([N+](=O)[O-])c1. The second kappa shape index (κ2) is 4.50. The number of halogens is 1. The lowest BCUT2D eigenvalue weighted by Crippen LogP contribution is -2.09. The Labute approximate surface area is 85.1 Å². The molecule has 1 amide bonds. The van der Waals surface area contributed by atoms with E-state index < -0.39 is 10.7 Å². The van der Waals surface area contributed by atoms with E-state index in [0.29, 0.717) is 0 Å². The first kappa shape index (κ1) is 11.1. The van der Waals surface area contributed by atoms with Crippen molar-refractivity contribution in [1.29, 1.82) is 0 Å². The molecule has 0 spiro atoms. The Hall–Kier alpha value is -1.98. The summed E-state index contributed by atoms with van der Waals surface area (Å²) in [5.74, 6) is -1.08. The molecule has 1 aromatic carbocycles. The molecule has 0 aromatic heterocycles. The lowest BCUT2D eigenvalue weighted by molar-refractivity contribution is -0.385. The predicted octanol–water partition coefficient (Wildman–Crippen LogP) is 2.08. The molecule has 0 saturated carbocycles. The maximum absolute atomic E-state index is 12.9. The minimum Gasteiger partial charge on any atom is -0.326 e. The minimum absolute atomic E-state index is 0.0913. The van der Waals surface area contributed by atoms with Crippen LogP contribution in [0.4, 0.5) is 15.8 Å². The van der Waals surface area contributed by atoms with Gasteiger partial charge in [-0.05, 0) is 6.07 Å². The molecule has 15 heavy (non-hydrogen) atoms. The highest BCUT2D eigenvalue weighted by Crippen LogP contribution is 2.19. The minimum atomic E-state index is -0.754. The summed E-state index contributed by atoms with van der Waals surface area (Å²) in [4.78, 5) is 20.6. The van der Waals surface area contributed by atoms with Crippen LogP contribution in [-0.4, -0.2) is 10.8 Å². The molecule has 0 heterocycles. The zero-order valence-corrected chi connectivity index (χ0v) is 7.99. The third-order valence-electron chi connectivity index (χ3n) is 1.70. The van der Waals surface area contributed by atoms with E-state index in [0.717, 1.165) is 18.2 Å². The highest BCUT2D eigenvalue weighted by Gasteiger charge is 2.10. The number of carbonyl (C=O) groups excluding carboxylic acids is 1. The number of nitrogens with zero attached hydrogens (tertiary/aromatic N) is 1. The Bertz CT molecular complexity index is 406. The number of rotatable bonds is 3. The first-order chi connectivity index (χ1) is 7.02. The quantitative estimate of drug-likeness (QED) is 0.615. The molecule has 0 aliphatic heterocycles. The molecule has 5 nitrogen and oxygen atoms in total. The second-order valence-corrected chi connectivity index (χ2v) is 2.86. The topological polar surface area (TPSA) is 72.2 Å². The van der Waals surface area contributed by atoms with Gasteiger partial charge in [-0.2, -0.15) is 0 Å². The van der Waals surface area contributed by atoms with Crippen LogP contribution in [0.2, 0.25) is 0 Å². The summed E-state index contributed by atoms with van der Waals surface area (Å²) in [5, 5.41) is 12.7. The molecule has 0 unspecified atom stereocenters. The van der Waals surface area contributed by atoms with Crippen molar-refractivity contribution in [3.63, 3.8) is 0 Å². The Morgan fingerprint density at radius 3 is 2.73 bits per heavy atom. The lowest BCUT2D eigenvalue weighted by Gasteiger charge is -2.03. The van der Waals surface area contributed by atoms with Crippen LogP contribution in [0.5, 0.6) is 0 Å². The van der Waals surface area contributed by atoms with Crippen LogP contribution in [0.25, 0.3) is 0 Å².